The van der Waals surface area contributed by atoms with E-state index < -0.39 is 0 Å². The molecule has 0 bridgehead atoms. The number of hydrogen-bond acceptors (Lipinski definition) is 0. The van der Waals surface area contributed by atoms with Crippen LogP contribution in [0.3, 0.4) is 0 Å². The van der Waals surface area contributed by atoms with Crippen LogP contribution in [-0.2, 0) is 0 Å². The number of benzene rings is 20. The molecule has 566 valence electrons. The molecule has 0 radical (unpaired) electrons. The molecule has 20 aromatic carbocycles. The van der Waals surface area contributed by atoms with E-state index in [1.165, 1.54) is 241 Å². The van der Waals surface area contributed by atoms with Crippen LogP contribution < -0.4 is 32.8 Å². The van der Waals surface area contributed by atoms with Crippen molar-refractivity contribution in [3.8, 4) is 89.5 Å². The van der Waals surface area contributed by atoms with Crippen molar-refractivity contribution in [3.63, 3.8) is 0 Å². The average Bonchev–Trinajstić information content (AvgIpc) is 1.06. The highest BCUT2D eigenvalue weighted by Crippen LogP contribution is 2.49. The van der Waals surface area contributed by atoms with Gasteiger partial charge in [0.2, 0.25) is 13.4 Å². The molecule has 0 spiro atoms. The Morgan fingerprint density at radius 2 is 0.377 bits per heavy atom. The Balaban J connectivity index is 0.796. The summed E-state index contributed by atoms with van der Waals surface area (Å²) in [6.07, 6.45) is 0. The molecule has 2 aliphatic heterocycles. The molecular weight excluding hydrogens is 1470 g/mol. The number of rotatable bonds is 10. The third-order valence-electron chi connectivity index (χ3n) is 27.8. The molecule has 0 N–H and O–H groups in total. The zero-order valence-electron chi connectivity index (χ0n) is 67.9. The van der Waals surface area contributed by atoms with E-state index in [4.69, 9.17) is 0 Å². The van der Waals surface area contributed by atoms with E-state index in [1.54, 1.807) is 0 Å². The van der Waals surface area contributed by atoms with E-state index in [-0.39, 0.29) is 13.4 Å². The third-order valence-corrected chi connectivity index (χ3v) is 27.8. The fourth-order valence-electron chi connectivity index (χ4n) is 22.9. The minimum absolute atomic E-state index is 0.198. The van der Waals surface area contributed by atoms with Crippen LogP contribution in [0.5, 0.6) is 0 Å². The van der Waals surface area contributed by atoms with Crippen molar-refractivity contribution in [2.75, 3.05) is 0 Å². The number of aromatic nitrogens is 4. The molecule has 122 heavy (non-hydrogen) atoms. The summed E-state index contributed by atoms with van der Waals surface area (Å²) < 4.78 is 10.1. The van der Waals surface area contributed by atoms with Gasteiger partial charge in [-0.2, -0.15) is 0 Å². The Morgan fingerprint density at radius 3 is 0.631 bits per heavy atom. The van der Waals surface area contributed by atoms with Gasteiger partial charge in [0.25, 0.3) is 0 Å². The van der Waals surface area contributed by atoms with Crippen LogP contribution in [-0.4, -0.2) is 31.7 Å². The molecular formula is C116H76B2N4. The standard InChI is InChI=1S/C116H76B2N4/c1-69-59-75(119-103-47-23-15-39-83(103)84-40-16-24-48-104(84)119)63-97-98-64-76(120-105-49-25-17-41-85(105)86-42-18-26-50-106(86)120)60-70(2)114(98)117(113(69)97)101-67-95(81-37-13-11-35-79(81)73-31-7-5-8-32-73)91-56-58-94-102(68-96(92-55-57-93(101)111(91)112(92)94)82-38-14-12-36-80(82)74-33-9-6-10-34-74)118-115-71(3)61-77(121-107-51-27-19-43-87(107)88-44-20-28-52-108(88)121)65-99(115)100-66-78(62-72(4)116(100)118)122-109-53-29-21-45-89(109)90-46-22-30-54-110(90)122/h5-68H,1-4H3. The second kappa shape index (κ2) is 26.1. The normalized spacial score (nSPS) is 12.6. The summed E-state index contributed by atoms with van der Waals surface area (Å²) in [5, 5.41) is 17.5. The first-order chi connectivity index (χ1) is 60.2. The van der Waals surface area contributed by atoms with Gasteiger partial charge in [0, 0.05) is 65.8 Å². The van der Waals surface area contributed by atoms with Crippen molar-refractivity contribution in [1.82, 2.24) is 18.3 Å². The number of aryl methyl sites for hydroxylation is 4. The summed E-state index contributed by atoms with van der Waals surface area (Å²) in [5.74, 6) is 0. The molecule has 0 amide bonds. The van der Waals surface area contributed by atoms with Crippen molar-refractivity contribution in [2.45, 2.75) is 27.7 Å². The maximum Gasteiger partial charge on any atom is 0.244 e. The summed E-state index contributed by atoms with van der Waals surface area (Å²) >= 11 is 0. The van der Waals surface area contributed by atoms with Crippen LogP contribution in [0.2, 0.25) is 0 Å². The van der Waals surface area contributed by atoms with Gasteiger partial charge in [0.15, 0.2) is 0 Å². The lowest BCUT2D eigenvalue weighted by Crippen LogP contribution is -2.51. The van der Waals surface area contributed by atoms with E-state index in [0.717, 1.165) is 22.7 Å². The third kappa shape index (κ3) is 9.72. The second-order valence-corrected chi connectivity index (χ2v) is 34.2. The van der Waals surface area contributed by atoms with Gasteiger partial charge in [0.1, 0.15) is 0 Å². The number of para-hydroxylation sites is 8. The Morgan fingerprint density at radius 1 is 0.164 bits per heavy atom. The highest BCUT2D eigenvalue weighted by molar-refractivity contribution is 7.02. The van der Waals surface area contributed by atoms with Gasteiger partial charge in [-0.3, -0.25) is 0 Å². The number of fused-ring (bicyclic) bond motifs is 18. The molecule has 0 fully saturated rings. The van der Waals surface area contributed by atoms with Gasteiger partial charge < -0.3 is 18.3 Å². The van der Waals surface area contributed by atoms with Gasteiger partial charge in [0.05, 0.1) is 44.1 Å². The van der Waals surface area contributed by atoms with Crippen molar-refractivity contribution in [2.24, 2.45) is 0 Å². The van der Waals surface area contributed by atoms with Crippen LogP contribution >= 0.6 is 0 Å². The van der Waals surface area contributed by atoms with Crippen LogP contribution in [0, 0.1) is 27.7 Å². The fraction of sp³-hybridized carbons (Fsp3) is 0.0345. The molecule has 0 aliphatic carbocycles. The molecule has 6 heterocycles. The zero-order valence-corrected chi connectivity index (χ0v) is 67.9. The summed E-state index contributed by atoms with van der Waals surface area (Å²) in [7, 11) is 0. The molecule has 24 aromatic rings. The maximum atomic E-state index is 2.65. The van der Waals surface area contributed by atoms with Gasteiger partial charge >= 0.3 is 0 Å². The van der Waals surface area contributed by atoms with E-state index in [0.29, 0.717) is 0 Å². The van der Waals surface area contributed by atoms with Crippen LogP contribution in [0.1, 0.15) is 22.3 Å². The first-order valence-electron chi connectivity index (χ1n) is 42.9. The second-order valence-electron chi connectivity index (χ2n) is 34.2. The van der Waals surface area contributed by atoms with E-state index >= 15 is 0 Å². The Hall–Kier alpha value is -15.2. The Bertz CT molecular complexity index is 7590. The van der Waals surface area contributed by atoms with Crippen molar-refractivity contribution in [1.29, 1.82) is 0 Å². The van der Waals surface area contributed by atoms with Crippen molar-refractivity contribution < 1.29 is 0 Å². The van der Waals surface area contributed by atoms with Gasteiger partial charge in [-0.25, -0.2) is 0 Å². The van der Waals surface area contributed by atoms with Crippen LogP contribution in [0.15, 0.2) is 388 Å². The molecule has 0 unspecified atom stereocenters. The molecule has 4 nitrogen and oxygen atoms in total. The van der Waals surface area contributed by atoms with Crippen LogP contribution in [0.4, 0.5) is 0 Å². The highest BCUT2D eigenvalue weighted by atomic mass is 15.0. The minimum Gasteiger partial charge on any atom is -0.309 e. The predicted molar refractivity (Wildman–Crippen MR) is 521 cm³/mol. The van der Waals surface area contributed by atoms with Crippen molar-refractivity contribution >= 4 is 166 Å². The summed E-state index contributed by atoms with van der Waals surface area (Å²) in [4.78, 5) is 0. The summed E-state index contributed by atoms with van der Waals surface area (Å²) in [5.41, 5.74) is 41.8. The van der Waals surface area contributed by atoms with E-state index in [9.17, 15) is 0 Å². The zero-order chi connectivity index (χ0) is 80.4. The van der Waals surface area contributed by atoms with Gasteiger partial charge in [-0.05, 0) is 224 Å². The van der Waals surface area contributed by atoms with Gasteiger partial charge in [-0.1, -0.05) is 346 Å². The molecule has 4 aromatic heterocycles. The lowest BCUT2D eigenvalue weighted by molar-refractivity contribution is 1.17. The average molecular weight is 1550 g/mol. The number of nitrogens with zero attached hydrogens (tertiary/aromatic N) is 4. The highest BCUT2D eigenvalue weighted by Gasteiger charge is 2.43. The lowest BCUT2D eigenvalue weighted by Gasteiger charge is -2.26. The quantitative estimate of drug-likeness (QED) is 0.0961. The van der Waals surface area contributed by atoms with Crippen LogP contribution in [0.25, 0.3) is 209 Å². The molecule has 0 saturated heterocycles. The molecule has 0 atom stereocenters. The monoisotopic (exact) mass is 1550 g/mol. The summed E-state index contributed by atoms with van der Waals surface area (Å²) in [6.45, 7) is 9.22. The Kier molecular flexibility index (Phi) is 14.7. The molecule has 6 heteroatoms. The smallest absolute Gasteiger partial charge is 0.244 e. The first-order valence-corrected chi connectivity index (χ1v) is 42.9. The predicted octanol–water partition coefficient (Wildman–Crippen LogP) is 25.9. The fourth-order valence-corrected chi connectivity index (χ4v) is 22.9. The van der Waals surface area contributed by atoms with Gasteiger partial charge in [-0.15, -0.1) is 0 Å². The molecule has 0 saturated carbocycles. The van der Waals surface area contributed by atoms with E-state index in [1.807, 2.05) is 0 Å². The Labute approximate surface area is 706 Å². The number of hydrogen-bond donors (Lipinski definition) is 0. The first kappa shape index (κ1) is 68.8. The molecule has 26 rings (SSSR count). The minimum atomic E-state index is -0.198. The SMILES string of the molecule is Cc1cc(-n2c3ccccc3c3ccccc32)cc2c1B(c1cc(-c3ccccc3-c3ccccc3)c3ccc4c(B5c6c(C)cc(-n7c8ccccc8c8ccccc87)cc6-c6cc(-n7c8ccccc8c8ccccc87)cc(C)c65)cc(-c5ccccc5-c5ccccc5)c5ccc1c3c45)c1c(C)cc(-n3c4ccccc4c4ccccc43)cc1-2. The van der Waals surface area contributed by atoms with E-state index in [2.05, 4.69) is 434 Å². The maximum absolute atomic E-state index is 2.65. The lowest BCUT2D eigenvalue weighted by atomic mass is 9.36. The summed E-state index contributed by atoms with van der Waals surface area (Å²) in [6, 6.07) is 148. The topological polar surface area (TPSA) is 19.7 Å². The largest absolute Gasteiger partial charge is 0.309 e. The molecule has 2 aliphatic rings. The van der Waals surface area contributed by atoms with Crippen molar-refractivity contribution in [3.05, 3.63) is 411 Å².